The average molecular weight is 379 g/mol. The number of amides is 1. The fourth-order valence-electron chi connectivity index (χ4n) is 2.43. The molecule has 3 rings (SSSR count). The maximum absolute atomic E-state index is 14.5. The molecule has 1 heterocycles. The second-order valence-electron chi connectivity index (χ2n) is 5.66. The minimum Gasteiger partial charge on any atom is -0.413 e. The van der Waals surface area contributed by atoms with Crippen LogP contribution in [0.25, 0.3) is 11.5 Å². The third-order valence-corrected chi connectivity index (χ3v) is 3.74. The molecular formula is C18H13F4N3O2. The van der Waals surface area contributed by atoms with Crippen molar-refractivity contribution in [3.8, 4) is 11.5 Å². The van der Waals surface area contributed by atoms with Gasteiger partial charge in [-0.3, -0.25) is 4.79 Å². The molecule has 1 amide bonds. The molecule has 2 aromatic carbocycles. The van der Waals surface area contributed by atoms with Crippen LogP contribution in [0.5, 0.6) is 0 Å². The molecule has 0 fully saturated rings. The van der Waals surface area contributed by atoms with Crippen LogP contribution >= 0.6 is 0 Å². The van der Waals surface area contributed by atoms with Crippen molar-refractivity contribution < 1.29 is 26.8 Å². The third kappa shape index (κ3) is 4.13. The Morgan fingerprint density at radius 2 is 1.81 bits per heavy atom. The van der Waals surface area contributed by atoms with Gasteiger partial charge < -0.3 is 9.32 Å². The highest BCUT2D eigenvalue weighted by Gasteiger charge is 2.38. The van der Waals surface area contributed by atoms with E-state index >= 15 is 0 Å². The standard InChI is InChI=1S/C18H13F4N3O2/c1-11(26)25(14-5-3-2-4-6-14)10-13-8-7-12(9-15(13)19)16-23-24-17(27-16)18(20,21)22/h2-9H,10H2,1H3. The number of benzene rings is 2. The normalized spacial score (nSPS) is 11.4. The Morgan fingerprint density at radius 1 is 1.11 bits per heavy atom. The van der Waals surface area contributed by atoms with E-state index in [1.807, 2.05) is 0 Å². The predicted molar refractivity (Wildman–Crippen MR) is 88.0 cm³/mol. The third-order valence-electron chi connectivity index (χ3n) is 3.74. The Hall–Kier alpha value is -3.23. The first-order chi connectivity index (χ1) is 12.8. The summed E-state index contributed by atoms with van der Waals surface area (Å²) in [6, 6.07) is 12.4. The first-order valence-electron chi connectivity index (χ1n) is 7.78. The molecule has 0 saturated heterocycles. The van der Waals surface area contributed by atoms with Crippen molar-refractivity contribution in [2.45, 2.75) is 19.6 Å². The lowest BCUT2D eigenvalue weighted by molar-refractivity contribution is -0.156. The number of carbonyl (C=O) groups is 1. The highest BCUT2D eigenvalue weighted by atomic mass is 19.4. The van der Waals surface area contributed by atoms with E-state index in [1.54, 1.807) is 30.3 Å². The summed E-state index contributed by atoms with van der Waals surface area (Å²) in [6.45, 7) is 1.32. The van der Waals surface area contributed by atoms with Gasteiger partial charge in [0.25, 0.3) is 0 Å². The van der Waals surface area contributed by atoms with E-state index in [4.69, 9.17) is 0 Å². The summed E-state index contributed by atoms with van der Waals surface area (Å²) < 4.78 is 56.6. The van der Waals surface area contributed by atoms with Crippen LogP contribution in [0.2, 0.25) is 0 Å². The SMILES string of the molecule is CC(=O)N(Cc1ccc(-c2nnc(C(F)(F)F)o2)cc1F)c1ccccc1. The monoisotopic (exact) mass is 379 g/mol. The Bertz CT molecular complexity index is 955. The van der Waals surface area contributed by atoms with Gasteiger partial charge in [-0.05, 0) is 24.3 Å². The summed E-state index contributed by atoms with van der Waals surface area (Å²) in [7, 11) is 0. The molecule has 27 heavy (non-hydrogen) atoms. The molecule has 3 aromatic rings. The van der Waals surface area contributed by atoms with Gasteiger partial charge in [0.15, 0.2) is 0 Å². The molecule has 0 aliphatic heterocycles. The van der Waals surface area contributed by atoms with Crippen LogP contribution in [0.1, 0.15) is 18.4 Å². The van der Waals surface area contributed by atoms with E-state index in [-0.39, 0.29) is 23.6 Å². The van der Waals surface area contributed by atoms with Crippen LogP contribution in [0.3, 0.4) is 0 Å². The second-order valence-corrected chi connectivity index (χ2v) is 5.66. The van der Waals surface area contributed by atoms with Crippen molar-refractivity contribution in [1.29, 1.82) is 0 Å². The quantitative estimate of drug-likeness (QED) is 0.629. The van der Waals surface area contributed by atoms with Gasteiger partial charge in [0.1, 0.15) is 5.82 Å². The highest BCUT2D eigenvalue weighted by molar-refractivity contribution is 5.91. The summed E-state index contributed by atoms with van der Waals surface area (Å²) in [4.78, 5) is 13.3. The molecule has 0 spiro atoms. The van der Waals surface area contributed by atoms with Crippen molar-refractivity contribution in [3.63, 3.8) is 0 Å². The first kappa shape index (κ1) is 18.6. The number of hydrogen-bond donors (Lipinski definition) is 0. The summed E-state index contributed by atoms with van der Waals surface area (Å²) in [5.41, 5.74) is 0.793. The van der Waals surface area contributed by atoms with Gasteiger partial charge in [0.05, 0.1) is 6.54 Å². The van der Waals surface area contributed by atoms with Crippen LogP contribution in [0.4, 0.5) is 23.2 Å². The summed E-state index contributed by atoms with van der Waals surface area (Å²) in [6.07, 6.45) is -4.78. The minimum atomic E-state index is -4.78. The van der Waals surface area contributed by atoms with E-state index in [0.717, 1.165) is 6.07 Å². The maximum atomic E-state index is 14.5. The maximum Gasteiger partial charge on any atom is 0.470 e. The van der Waals surface area contributed by atoms with Crippen LogP contribution < -0.4 is 4.90 Å². The van der Waals surface area contributed by atoms with Gasteiger partial charge in [-0.25, -0.2) is 4.39 Å². The molecule has 0 N–H and O–H groups in total. The largest absolute Gasteiger partial charge is 0.470 e. The zero-order valence-electron chi connectivity index (χ0n) is 14.0. The summed E-state index contributed by atoms with van der Waals surface area (Å²) >= 11 is 0. The minimum absolute atomic E-state index is 0.00772. The van der Waals surface area contributed by atoms with Gasteiger partial charge in [-0.15, -0.1) is 10.2 Å². The van der Waals surface area contributed by atoms with E-state index in [1.165, 1.54) is 24.0 Å². The van der Waals surface area contributed by atoms with Crippen molar-refractivity contribution in [2.24, 2.45) is 0 Å². The molecule has 5 nitrogen and oxygen atoms in total. The Kier molecular flexibility index (Phi) is 4.93. The van der Waals surface area contributed by atoms with E-state index in [0.29, 0.717) is 5.69 Å². The molecule has 0 saturated carbocycles. The van der Waals surface area contributed by atoms with Crippen LogP contribution in [0, 0.1) is 5.82 Å². The number of halogens is 4. The Morgan fingerprint density at radius 3 is 2.37 bits per heavy atom. The molecule has 0 atom stereocenters. The number of rotatable bonds is 4. The molecule has 140 valence electrons. The van der Waals surface area contributed by atoms with Gasteiger partial charge in [0.2, 0.25) is 11.8 Å². The number of anilines is 1. The van der Waals surface area contributed by atoms with Crippen LogP contribution in [0.15, 0.2) is 52.9 Å². The Labute approximate surface area is 151 Å². The van der Waals surface area contributed by atoms with E-state index < -0.39 is 23.8 Å². The lowest BCUT2D eigenvalue weighted by Crippen LogP contribution is -2.28. The van der Waals surface area contributed by atoms with Gasteiger partial charge in [-0.2, -0.15) is 13.2 Å². The average Bonchev–Trinajstić information content (AvgIpc) is 3.11. The Balaban J connectivity index is 1.86. The first-order valence-corrected chi connectivity index (χ1v) is 7.78. The van der Waals surface area contributed by atoms with Gasteiger partial charge in [-0.1, -0.05) is 24.3 Å². The van der Waals surface area contributed by atoms with Gasteiger partial charge >= 0.3 is 12.1 Å². The van der Waals surface area contributed by atoms with Crippen molar-refractivity contribution in [1.82, 2.24) is 10.2 Å². The van der Waals surface area contributed by atoms with Crippen molar-refractivity contribution in [2.75, 3.05) is 4.90 Å². The van der Waals surface area contributed by atoms with Crippen molar-refractivity contribution >= 4 is 11.6 Å². The number of hydrogen-bond acceptors (Lipinski definition) is 4. The number of alkyl halides is 3. The molecule has 1 aromatic heterocycles. The molecular weight excluding hydrogens is 366 g/mol. The molecule has 0 radical (unpaired) electrons. The van der Waals surface area contributed by atoms with E-state index in [9.17, 15) is 22.4 Å². The topological polar surface area (TPSA) is 59.2 Å². The molecule has 0 aliphatic rings. The highest BCUT2D eigenvalue weighted by Crippen LogP contribution is 2.31. The predicted octanol–water partition coefficient (Wildman–Crippen LogP) is 4.45. The van der Waals surface area contributed by atoms with E-state index in [2.05, 4.69) is 14.6 Å². The number of aromatic nitrogens is 2. The van der Waals surface area contributed by atoms with Crippen LogP contribution in [-0.4, -0.2) is 16.1 Å². The fraction of sp³-hybridized carbons (Fsp3) is 0.167. The zero-order chi connectivity index (χ0) is 19.6. The second kappa shape index (κ2) is 7.18. The molecule has 0 aliphatic carbocycles. The number of nitrogens with zero attached hydrogens (tertiary/aromatic N) is 3. The summed E-state index contributed by atoms with van der Waals surface area (Å²) in [5, 5.41) is 6.20. The fourth-order valence-corrected chi connectivity index (χ4v) is 2.43. The van der Waals surface area contributed by atoms with Crippen LogP contribution in [-0.2, 0) is 17.5 Å². The van der Waals surface area contributed by atoms with Crippen molar-refractivity contribution in [3.05, 3.63) is 65.8 Å². The lowest BCUT2D eigenvalue weighted by Gasteiger charge is -2.21. The van der Waals surface area contributed by atoms with Gasteiger partial charge in [0, 0.05) is 23.7 Å². The smallest absolute Gasteiger partial charge is 0.413 e. The lowest BCUT2D eigenvalue weighted by atomic mass is 10.1. The molecule has 0 bridgehead atoms. The number of carbonyl (C=O) groups excluding carboxylic acids is 1. The number of para-hydroxylation sites is 1. The zero-order valence-corrected chi connectivity index (χ0v) is 14.0. The summed E-state index contributed by atoms with van der Waals surface area (Å²) in [5.74, 6) is -2.94. The molecule has 0 unspecified atom stereocenters. The molecule has 9 heteroatoms.